The third-order valence-corrected chi connectivity index (χ3v) is 6.81. The Labute approximate surface area is 194 Å². The van der Waals surface area contributed by atoms with Crippen molar-refractivity contribution in [3.05, 3.63) is 83.4 Å². The van der Waals surface area contributed by atoms with Gasteiger partial charge in [-0.1, -0.05) is 36.4 Å². The van der Waals surface area contributed by atoms with Crippen LogP contribution in [0.1, 0.15) is 16.7 Å². The molecule has 0 aliphatic heterocycles. The molecule has 0 aromatic heterocycles. The van der Waals surface area contributed by atoms with Gasteiger partial charge in [-0.15, -0.1) is 0 Å². The predicted octanol–water partition coefficient (Wildman–Crippen LogP) is 3.85. The van der Waals surface area contributed by atoms with E-state index in [-0.39, 0.29) is 17.1 Å². The van der Waals surface area contributed by atoms with Crippen LogP contribution in [0.5, 0.6) is 11.5 Å². The molecule has 1 amide bonds. The van der Waals surface area contributed by atoms with Gasteiger partial charge in [-0.25, -0.2) is 8.42 Å². The summed E-state index contributed by atoms with van der Waals surface area (Å²) >= 11 is 0. The molecule has 0 unspecified atom stereocenters. The summed E-state index contributed by atoms with van der Waals surface area (Å²) in [6, 6.07) is 18.0. The zero-order valence-corrected chi connectivity index (χ0v) is 19.9. The van der Waals surface area contributed by atoms with E-state index in [9.17, 15) is 13.2 Å². The Kier molecular flexibility index (Phi) is 7.73. The molecule has 0 aliphatic rings. The average molecular weight is 469 g/mol. The highest BCUT2D eigenvalue weighted by Gasteiger charge is 2.27. The van der Waals surface area contributed by atoms with Gasteiger partial charge in [0.15, 0.2) is 11.5 Å². The number of rotatable bonds is 9. The molecule has 0 heterocycles. The van der Waals surface area contributed by atoms with Gasteiger partial charge in [0, 0.05) is 11.8 Å². The second-order valence-corrected chi connectivity index (χ2v) is 9.38. The van der Waals surface area contributed by atoms with Gasteiger partial charge in [0.05, 0.1) is 19.1 Å². The average Bonchev–Trinajstić information content (AvgIpc) is 2.81. The molecule has 8 heteroatoms. The maximum Gasteiger partial charge on any atom is 0.242 e. The lowest BCUT2D eigenvalue weighted by Gasteiger charge is -2.20. The van der Waals surface area contributed by atoms with Crippen LogP contribution in [0, 0.1) is 13.8 Å². The van der Waals surface area contributed by atoms with E-state index in [0.717, 1.165) is 16.7 Å². The molecule has 0 spiro atoms. The molecular weight excluding hydrogens is 440 g/mol. The standard InChI is InChI=1S/C25H28N2O5S/c1-17-10-11-20(14-18(17)2)26-25(28)22(15-19-8-6-5-7-9-19)27-33(29,30)21-12-13-23(31-3)24(16-21)32-4/h5-14,16,22,27H,15H2,1-4H3,(H,26,28)/t22-/m0/s1. The van der Waals surface area contributed by atoms with Crippen molar-refractivity contribution in [1.29, 1.82) is 0 Å². The molecule has 0 saturated carbocycles. The van der Waals surface area contributed by atoms with Crippen molar-refractivity contribution in [1.82, 2.24) is 4.72 Å². The van der Waals surface area contributed by atoms with Gasteiger partial charge in [-0.3, -0.25) is 4.79 Å². The second-order valence-electron chi connectivity index (χ2n) is 7.67. The number of hydrogen-bond acceptors (Lipinski definition) is 5. The van der Waals surface area contributed by atoms with Crippen molar-refractivity contribution in [2.45, 2.75) is 31.2 Å². The van der Waals surface area contributed by atoms with Crippen molar-refractivity contribution in [2.24, 2.45) is 0 Å². The number of amides is 1. The van der Waals surface area contributed by atoms with Gasteiger partial charge in [0.1, 0.15) is 6.04 Å². The van der Waals surface area contributed by atoms with Crippen LogP contribution in [0.25, 0.3) is 0 Å². The molecule has 1 atom stereocenters. The Bertz CT molecular complexity index is 1230. The van der Waals surface area contributed by atoms with Gasteiger partial charge in [-0.2, -0.15) is 4.72 Å². The highest BCUT2D eigenvalue weighted by Crippen LogP contribution is 2.29. The Morgan fingerprint density at radius 3 is 2.21 bits per heavy atom. The quantitative estimate of drug-likeness (QED) is 0.498. The van der Waals surface area contributed by atoms with Crippen LogP contribution < -0.4 is 19.5 Å². The zero-order chi connectivity index (χ0) is 24.0. The molecule has 0 bridgehead atoms. The molecular formula is C25H28N2O5S. The van der Waals surface area contributed by atoms with Crippen molar-refractivity contribution in [3.8, 4) is 11.5 Å². The summed E-state index contributed by atoms with van der Waals surface area (Å²) in [5.74, 6) is 0.232. The van der Waals surface area contributed by atoms with Crippen LogP contribution in [-0.2, 0) is 21.2 Å². The second kappa shape index (κ2) is 10.5. The molecule has 174 valence electrons. The fourth-order valence-electron chi connectivity index (χ4n) is 3.33. The summed E-state index contributed by atoms with van der Waals surface area (Å²) in [5, 5.41) is 2.83. The van der Waals surface area contributed by atoms with Gasteiger partial charge in [0.2, 0.25) is 15.9 Å². The minimum atomic E-state index is -4.04. The normalized spacial score (nSPS) is 12.1. The number of anilines is 1. The topological polar surface area (TPSA) is 93.7 Å². The molecule has 0 aliphatic carbocycles. The van der Waals surface area contributed by atoms with Crippen LogP contribution in [0.4, 0.5) is 5.69 Å². The SMILES string of the molecule is COc1ccc(S(=O)(=O)N[C@@H](Cc2ccccc2)C(=O)Nc2ccc(C)c(C)c2)cc1OC. The number of aryl methyl sites for hydroxylation is 2. The fourth-order valence-corrected chi connectivity index (χ4v) is 4.54. The summed E-state index contributed by atoms with van der Waals surface area (Å²) < 4.78 is 39.3. The van der Waals surface area contributed by atoms with E-state index in [0.29, 0.717) is 11.4 Å². The molecule has 0 fully saturated rings. The number of methoxy groups -OCH3 is 2. The van der Waals surface area contributed by atoms with Crippen LogP contribution in [0.3, 0.4) is 0 Å². The van der Waals surface area contributed by atoms with E-state index in [4.69, 9.17) is 9.47 Å². The third-order valence-electron chi connectivity index (χ3n) is 5.34. The molecule has 3 aromatic rings. The van der Waals surface area contributed by atoms with Gasteiger partial charge >= 0.3 is 0 Å². The number of carbonyl (C=O) groups is 1. The molecule has 2 N–H and O–H groups in total. The number of hydrogen-bond donors (Lipinski definition) is 2. The molecule has 0 radical (unpaired) electrons. The van der Waals surface area contributed by atoms with Crippen LogP contribution in [0.15, 0.2) is 71.6 Å². The maximum atomic E-state index is 13.2. The van der Waals surface area contributed by atoms with Crippen LogP contribution in [0.2, 0.25) is 0 Å². The number of carbonyl (C=O) groups excluding carboxylic acids is 1. The highest BCUT2D eigenvalue weighted by molar-refractivity contribution is 7.89. The first-order chi connectivity index (χ1) is 15.7. The van der Waals surface area contributed by atoms with Gasteiger partial charge in [0.25, 0.3) is 0 Å². The van der Waals surface area contributed by atoms with Crippen molar-refractivity contribution >= 4 is 21.6 Å². The van der Waals surface area contributed by atoms with E-state index in [1.54, 1.807) is 6.07 Å². The summed E-state index contributed by atoms with van der Waals surface area (Å²) in [6.07, 6.45) is 0.185. The van der Waals surface area contributed by atoms with E-state index in [1.165, 1.54) is 32.4 Å². The molecule has 33 heavy (non-hydrogen) atoms. The third kappa shape index (κ3) is 6.12. The summed E-state index contributed by atoms with van der Waals surface area (Å²) in [5.41, 5.74) is 3.56. The maximum absolute atomic E-state index is 13.2. The molecule has 3 rings (SSSR count). The van der Waals surface area contributed by atoms with Crippen molar-refractivity contribution < 1.29 is 22.7 Å². The summed E-state index contributed by atoms with van der Waals surface area (Å²) in [6.45, 7) is 3.93. The lowest BCUT2D eigenvalue weighted by Crippen LogP contribution is -2.45. The Hall–Kier alpha value is -3.36. The van der Waals surface area contributed by atoms with E-state index >= 15 is 0 Å². The molecule has 7 nitrogen and oxygen atoms in total. The zero-order valence-electron chi connectivity index (χ0n) is 19.1. The number of benzene rings is 3. The first kappa shape index (κ1) is 24.3. The Morgan fingerprint density at radius 1 is 0.879 bits per heavy atom. The van der Waals surface area contributed by atoms with E-state index < -0.39 is 22.0 Å². The lowest BCUT2D eigenvalue weighted by molar-refractivity contribution is -0.117. The minimum Gasteiger partial charge on any atom is -0.493 e. The minimum absolute atomic E-state index is 0.0304. The van der Waals surface area contributed by atoms with E-state index in [2.05, 4.69) is 10.0 Å². The number of ether oxygens (including phenoxy) is 2. The highest BCUT2D eigenvalue weighted by atomic mass is 32.2. The molecule has 3 aromatic carbocycles. The summed E-state index contributed by atoms with van der Waals surface area (Å²) in [7, 11) is -1.14. The van der Waals surface area contributed by atoms with Crippen LogP contribution >= 0.6 is 0 Å². The van der Waals surface area contributed by atoms with E-state index in [1.807, 2.05) is 56.3 Å². The predicted molar refractivity (Wildman–Crippen MR) is 128 cm³/mol. The van der Waals surface area contributed by atoms with Gasteiger partial charge < -0.3 is 14.8 Å². The smallest absolute Gasteiger partial charge is 0.242 e. The summed E-state index contributed by atoms with van der Waals surface area (Å²) in [4.78, 5) is 13.1. The molecule has 0 saturated heterocycles. The van der Waals surface area contributed by atoms with Crippen molar-refractivity contribution in [3.63, 3.8) is 0 Å². The monoisotopic (exact) mass is 468 g/mol. The number of sulfonamides is 1. The number of nitrogens with one attached hydrogen (secondary N) is 2. The fraction of sp³-hybridized carbons (Fsp3) is 0.240. The largest absolute Gasteiger partial charge is 0.493 e. The lowest BCUT2D eigenvalue weighted by atomic mass is 10.1. The Morgan fingerprint density at radius 2 is 1.58 bits per heavy atom. The van der Waals surface area contributed by atoms with Gasteiger partial charge in [-0.05, 0) is 61.2 Å². The van der Waals surface area contributed by atoms with Crippen molar-refractivity contribution in [2.75, 3.05) is 19.5 Å². The first-order valence-electron chi connectivity index (χ1n) is 10.4. The van der Waals surface area contributed by atoms with Crippen LogP contribution in [-0.4, -0.2) is 34.6 Å². The first-order valence-corrected chi connectivity index (χ1v) is 11.9. The Balaban J connectivity index is 1.90.